The lowest BCUT2D eigenvalue weighted by Crippen LogP contribution is -2.31. The van der Waals surface area contributed by atoms with E-state index in [1.54, 1.807) is 29.2 Å². The number of carbonyl (C=O) groups excluding carboxylic acids is 1. The van der Waals surface area contributed by atoms with Gasteiger partial charge in [-0.25, -0.2) is 9.18 Å². The summed E-state index contributed by atoms with van der Waals surface area (Å²) in [6, 6.07) is 17.8. The molecule has 3 aromatic rings. The van der Waals surface area contributed by atoms with Gasteiger partial charge < -0.3 is 19.5 Å². The van der Waals surface area contributed by atoms with Gasteiger partial charge in [-0.05, 0) is 41.5 Å². The van der Waals surface area contributed by atoms with Gasteiger partial charge in [0.15, 0.2) is 6.61 Å². The number of hydrogen-bond acceptors (Lipinski definition) is 4. The molecule has 1 amide bonds. The number of fused-ring (bicyclic) bond motifs is 1. The number of nitrogens with zero attached hydrogens (tertiary/aromatic N) is 1. The van der Waals surface area contributed by atoms with Gasteiger partial charge in [-0.1, -0.05) is 41.9 Å². The van der Waals surface area contributed by atoms with Crippen LogP contribution in [0.25, 0.3) is 0 Å². The number of aliphatic carboxylic acids is 1. The highest BCUT2D eigenvalue weighted by molar-refractivity contribution is 6.30. The third-order valence-electron chi connectivity index (χ3n) is 5.32. The van der Waals surface area contributed by atoms with Crippen molar-refractivity contribution in [1.29, 1.82) is 0 Å². The molecule has 0 bridgehead atoms. The zero-order valence-corrected chi connectivity index (χ0v) is 18.3. The zero-order valence-electron chi connectivity index (χ0n) is 17.5. The number of halogens is 2. The minimum Gasteiger partial charge on any atom is -0.493 e. The Labute approximate surface area is 195 Å². The van der Waals surface area contributed by atoms with E-state index >= 15 is 0 Å². The first kappa shape index (κ1) is 22.6. The topological polar surface area (TPSA) is 76.1 Å². The number of hydrogen-bond donors (Lipinski definition) is 1. The molecule has 8 heteroatoms. The minimum absolute atomic E-state index is 0.0763. The number of ether oxygens (including phenoxy) is 2. The average Bonchev–Trinajstić information content (AvgIpc) is 3.18. The van der Waals surface area contributed by atoms with Crippen LogP contribution in [0.15, 0.2) is 66.7 Å². The Balaban J connectivity index is 1.59. The lowest BCUT2D eigenvalue weighted by atomic mass is 9.97. The number of rotatable bonds is 8. The van der Waals surface area contributed by atoms with Crippen LogP contribution in [0.4, 0.5) is 4.39 Å². The predicted octanol–water partition coefficient (Wildman–Crippen LogP) is 4.84. The first-order valence-electron chi connectivity index (χ1n) is 10.3. The van der Waals surface area contributed by atoms with Crippen LogP contribution in [0, 0.1) is 5.82 Å². The van der Waals surface area contributed by atoms with Gasteiger partial charge in [-0.3, -0.25) is 4.79 Å². The summed E-state index contributed by atoms with van der Waals surface area (Å²) < 4.78 is 24.4. The second kappa shape index (κ2) is 9.92. The number of benzene rings is 3. The Morgan fingerprint density at radius 2 is 1.85 bits per heavy atom. The molecule has 0 fully saturated rings. The molecule has 33 heavy (non-hydrogen) atoms. The van der Waals surface area contributed by atoms with Crippen molar-refractivity contribution in [1.82, 2.24) is 4.90 Å². The fourth-order valence-corrected chi connectivity index (χ4v) is 4.10. The fraction of sp³-hybridized carbons (Fsp3) is 0.200. The van der Waals surface area contributed by atoms with Crippen LogP contribution in [-0.4, -0.2) is 35.1 Å². The van der Waals surface area contributed by atoms with Gasteiger partial charge in [0.25, 0.3) is 0 Å². The van der Waals surface area contributed by atoms with E-state index in [-0.39, 0.29) is 18.9 Å². The van der Waals surface area contributed by atoms with Crippen molar-refractivity contribution in [2.75, 3.05) is 13.2 Å². The number of carbonyl (C=O) groups is 2. The van der Waals surface area contributed by atoms with Gasteiger partial charge in [-0.2, -0.15) is 0 Å². The maximum atomic E-state index is 13.4. The molecular weight excluding hydrogens is 449 g/mol. The van der Waals surface area contributed by atoms with E-state index in [1.165, 1.54) is 18.2 Å². The van der Waals surface area contributed by atoms with Crippen molar-refractivity contribution in [2.45, 2.75) is 19.0 Å². The van der Waals surface area contributed by atoms with Crippen LogP contribution in [0.5, 0.6) is 11.5 Å². The van der Waals surface area contributed by atoms with Crippen molar-refractivity contribution in [3.8, 4) is 11.5 Å². The van der Waals surface area contributed by atoms with Crippen molar-refractivity contribution >= 4 is 23.5 Å². The summed E-state index contributed by atoms with van der Waals surface area (Å²) >= 11 is 6.25. The summed E-state index contributed by atoms with van der Waals surface area (Å²) in [7, 11) is 0. The highest BCUT2D eigenvalue weighted by atomic mass is 35.5. The van der Waals surface area contributed by atoms with E-state index in [1.807, 2.05) is 24.3 Å². The first-order valence-corrected chi connectivity index (χ1v) is 10.7. The number of carboxylic acids is 1. The monoisotopic (exact) mass is 469 g/mol. The van der Waals surface area contributed by atoms with E-state index in [4.69, 9.17) is 26.2 Å². The van der Waals surface area contributed by atoms with Gasteiger partial charge in [0.05, 0.1) is 19.1 Å². The first-order chi connectivity index (χ1) is 15.9. The summed E-state index contributed by atoms with van der Waals surface area (Å²) in [5.74, 6) is -0.994. The van der Waals surface area contributed by atoms with Crippen LogP contribution in [0.1, 0.15) is 29.2 Å². The van der Waals surface area contributed by atoms with E-state index in [2.05, 4.69) is 0 Å². The van der Waals surface area contributed by atoms with Gasteiger partial charge in [0, 0.05) is 23.2 Å². The molecule has 0 saturated heterocycles. The molecule has 0 aromatic heterocycles. The molecule has 1 N–H and O–H groups in total. The number of amides is 1. The molecular formula is C25H21ClFNO5. The third kappa shape index (κ3) is 5.26. The molecule has 1 unspecified atom stereocenters. The Bertz CT molecular complexity index is 1180. The molecule has 170 valence electrons. The van der Waals surface area contributed by atoms with Gasteiger partial charge >= 0.3 is 5.97 Å². The van der Waals surface area contributed by atoms with E-state index < -0.39 is 24.4 Å². The predicted molar refractivity (Wildman–Crippen MR) is 120 cm³/mol. The smallest absolute Gasteiger partial charge is 0.341 e. The highest BCUT2D eigenvalue weighted by Gasteiger charge is 2.36. The molecule has 0 radical (unpaired) electrons. The van der Waals surface area contributed by atoms with E-state index in [0.717, 1.165) is 11.1 Å². The summed E-state index contributed by atoms with van der Waals surface area (Å²) in [5, 5.41) is 9.48. The lowest BCUT2D eigenvalue weighted by molar-refractivity contribution is -0.139. The molecule has 1 aliphatic heterocycles. The SMILES string of the molecule is O=C(O)COc1ccc(Cl)cc1C1c2ccccc2CN1C(=O)CCOc1cccc(F)c1. The van der Waals surface area contributed by atoms with Crippen LogP contribution < -0.4 is 9.47 Å². The van der Waals surface area contributed by atoms with E-state index in [9.17, 15) is 14.0 Å². The molecule has 0 saturated carbocycles. The third-order valence-corrected chi connectivity index (χ3v) is 5.56. The van der Waals surface area contributed by atoms with Crippen LogP contribution in [0.3, 0.4) is 0 Å². The summed E-state index contributed by atoms with van der Waals surface area (Å²) in [6.45, 7) is -0.0529. The van der Waals surface area contributed by atoms with Crippen LogP contribution >= 0.6 is 11.6 Å². The molecule has 1 heterocycles. The fourth-order valence-electron chi connectivity index (χ4n) is 3.92. The molecule has 3 aromatic carbocycles. The molecule has 0 spiro atoms. The largest absolute Gasteiger partial charge is 0.493 e. The second-order valence-electron chi connectivity index (χ2n) is 7.54. The van der Waals surface area contributed by atoms with Crippen molar-refractivity contribution in [2.24, 2.45) is 0 Å². The second-order valence-corrected chi connectivity index (χ2v) is 7.98. The van der Waals surface area contributed by atoms with Crippen LogP contribution in [0.2, 0.25) is 5.02 Å². The van der Waals surface area contributed by atoms with Crippen molar-refractivity contribution in [3.63, 3.8) is 0 Å². The zero-order chi connectivity index (χ0) is 23.4. The molecule has 1 aliphatic rings. The van der Waals surface area contributed by atoms with Gasteiger partial charge in [-0.15, -0.1) is 0 Å². The number of carboxylic acid groups (broad SMARTS) is 1. The quantitative estimate of drug-likeness (QED) is 0.510. The normalized spacial score (nSPS) is 14.6. The van der Waals surface area contributed by atoms with E-state index in [0.29, 0.717) is 28.6 Å². The van der Waals surface area contributed by atoms with Crippen molar-refractivity contribution < 1.29 is 28.6 Å². The maximum absolute atomic E-state index is 13.4. The van der Waals surface area contributed by atoms with Gasteiger partial charge in [0.2, 0.25) is 5.91 Å². The van der Waals surface area contributed by atoms with Gasteiger partial charge in [0.1, 0.15) is 17.3 Å². The summed E-state index contributed by atoms with van der Waals surface area (Å²) in [4.78, 5) is 26.0. The molecule has 1 atom stereocenters. The summed E-state index contributed by atoms with van der Waals surface area (Å²) in [5.41, 5.74) is 2.50. The Hall–Kier alpha value is -3.58. The Morgan fingerprint density at radius 1 is 1.03 bits per heavy atom. The minimum atomic E-state index is -1.11. The molecule has 6 nitrogen and oxygen atoms in total. The highest BCUT2D eigenvalue weighted by Crippen LogP contribution is 2.43. The van der Waals surface area contributed by atoms with Crippen molar-refractivity contribution in [3.05, 3.63) is 94.3 Å². The Kier molecular flexibility index (Phi) is 6.79. The maximum Gasteiger partial charge on any atom is 0.341 e. The van der Waals surface area contributed by atoms with Crippen LogP contribution in [-0.2, 0) is 16.1 Å². The standard InChI is InChI=1S/C25H21ClFNO5/c26-17-8-9-22(33-15-24(30)31)21(12-17)25-20-7-2-1-4-16(20)14-28(25)23(29)10-11-32-19-6-3-5-18(27)13-19/h1-9,12-13,25H,10-11,14-15H2,(H,30,31). The Morgan fingerprint density at radius 3 is 2.64 bits per heavy atom. The average molecular weight is 470 g/mol. The summed E-state index contributed by atoms with van der Waals surface area (Å²) in [6.07, 6.45) is 0.0763. The lowest BCUT2D eigenvalue weighted by Gasteiger charge is -2.27. The molecule has 4 rings (SSSR count). The molecule has 0 aliphatic carbocycles.